The van der Waals surface area contributed by atoms with Gasteiger partial charge in [-0.05, 0) is 24.2 Å². The Morgan fingerprint density at radius 3 is 2.79 bits per heavy atom. The first-order valence-corrected chi connectivity index (χ1v) is 7.88. The number of hydrazone groups is 1. The number of hydrogen-bond acceptors (Lipinski definition) is 6. The molecule has 3 N–H and O–H groups in total. The number of rotatable bonds is 4. The predicted molar refractivity (Wildman–Crippen MR) is 85.7 cm³/mol. The van der Waals surface area contributed by atoms with Crippen LogP contribution in [0.5, 0.6) is 11.5 Å². The highest BCUT2D eigenvalue weighted by atomic mass is 16.6. The van der Waals surface area contributed by atoms with Gasteiger partial charge >= 0.3 is 5.69 Å². The zero-order chi connectivity index (χ0) is 17.5. The molecule has 2 aliphatic carbocycles. The highest BCUT2D eigenvalue weighted by Gasteiger charge is 2.64. The van der Waals surface area contributed by atoms with E-state index in [1.165, 1.54) is 0 Å². The molecule has 3 atom stereocenters. The van der Waals surface area contributed by atoms with Crippen molar-refractivity contribution < 1.29 is 19.9 Å². The van der Waals surface area contributed by atoms with E-state index in [1.807, 2.05) is 0 Å². The highest BCUT2D eigenvalue weighted by molar-refractivity contribution is 5.88. The number of nitrogens with zero attached hydrogens (tertiary/aromatic N) is 2. The third-order valence-corrected chi connectivity index (χ3v) is 5.31. The van der Waals surface area contributed by atoms with Gasteiger partial charge in [-0.2, -0.15) is 5.10 Å². The van der Waals surface area contributed by atoms with Crippen molar-refractivity contribution in [1.29, 1.82) is 0 Å². The minimum Gasteiger partial charge on any atom is -0.507 e. The average molecular weight is 333 g/mol. The van der Waals surface area contributed by atoms with Gasteiger partial charge in [-0.3, -0.25) is 14.9 Å². The Labute approximate surface area is 138 Å². The summed E-state index contributed by atoms with van der Waals surface area (Å²) < 4.78 is 0. The first-order chi connectivity index (χ1) is 11.3. The number of amides is 1. The van der Waals surface area contributed by atoms with Gasteiger partial charge in [0.1, 0.15) is 5.75 Å². The first kappa shape index (κ1) is 16.2. The van der Waals surface area contributed by atoms with E-state index in [4.69, 9.17) is 0 Å². The maximum atomic E-state index is 12.2. The van der Waals surface area contributed by atoms with Crippen LogP contribution in [0.25, 0.3) is 0 Å². The number of carbonyl (C=O) groups is 1. The minimum atomic E-state index is -0.763. The number of phenolic OH excluding ortho intramolecular Hbond substituents is 2. The molecule has 8 nitrogen and oxygen atoms in total. The monoisotopic (exact) mass is 333 g/mol. The zero-order valence-corrected chi connectivity index (χ0v) is 13.2. The van der Waals surface area contributed by atoms with Crippen LogP contribution in [0.2, 0.25) is 0 Å². The molecule has 0 aromatic heterocycles. The van der Waals surface area contributed by atoms with Crippen LogP contribution < -0.4 is 5.43 Å². The number of hydrogen-bond donors (Lipinski definition) is 3. The number of nitro groups is 1. The van der Waals surface area contributed by atoms with Crippen LogP contribution in [0.15, 0.2) is 17.2 Å². The molecule has 2 fully saturated rings. The Balaban J connectivity index is 1.68. The molecule has 0 radical (unpaired) electrons. The number of carbonyl (C=O) groups excluding carboxylic acids is 1. The van der Waals surface area contributed by atoms with Gasteiger partial charge < -0.3 is 10.2 Å². The lowest BCUT2D eigenvalue weighted by molar-refractivity contribution is -0.385. The number of nitrogens with one attached hydrogen (secondary N) is 1. The summed E-state index contributed by atoms with van der Waals surface area (Å²) in [5.41, 5.74) is 2.02. The van der Waals surface area contributed by atoms with Crippen molar-refractivity contribution in [2.45, 2.75) is 32.6 Å². The SMILES string of the molecule is C[C@@]12CCCC[C@@H]1[C@@H]2C(=O)N/N=C\c1cc([N+](=O)[O-])c(O)cc1O. The smallest absolute Gasteiger partial charge is 0.311 e. The molecule has 1 aromatic rings. The molecule has 8 heteroatoms. The van der Waals surface area contributed by atoms with Gasteiger partial charge in [0, 0.05) is 23.6 Å². The van der Waals surface area contributed by atoms with Crippen molar-refractivity contribution in [2.24, 2.45) is 22.4 Å². The van der Waals surface area contributed by atoms with E-state index in [1.54, 1.807) is 0 Å². The summed E-state index contributed by atoms with van der Waals surface area (Å²) in [6.07, 6.45) is 5.53. The molecule has 0 unspecified atom stereocenters. The quantitative estimate of drug-likeness (QED) is 0.443. The second-order valence-corrected chi connectivity index (χ2v) is 6.73. The van der Waals surface area contributed by atoms with Gasteiger partial charge in [0.25, 0.3) is 0 Å². The Kier molecular flexibility index (Phi) is 3.90. The van der Waals surface area contributed by atoms with Crippen LogP contribution in [0.4, 0.5) is 5.69 Å². The fraction of sp³-hybridized carbons (Fsp3) is 0.500. The van der Waals surface area contributed by atoms with Gasteiger partial charge in [-0.25, -0.2) is 5.43 Å². The van der Waals surface area contributed by atoms with Crippen molar-refractivity contribution in [2.75, 3.05) is 0 Å². The lowest BCUT2D eigenvalue weighted by Crippen LogP contribution is -2.22. The summed E-state index contributed by atoms with van der Waals surface area (Å²) in [4.78, 5) is 22.3. The van der Waals surface area contributed by atoms with Crippen LogP contribution in [0, 0.1) is 27.4 Å². The maximum Gasteiger partial charge on any atom is 0.311 e. The molecule has 1 amide bonds. The van der Waals surface area contributed by atoms with E-state index >= 15 is 0 Å². The van der Waals surface area contributed by atoms with Crippen LogP contribution in [-0.4, -0.2) is 27.3 Å². The fourth-order valence-electron chi connectivity index (χ4n) is 3.92. The molecule has 2 saturated carbocycles. The molecule has 0 saturated heterocycles. The van der Waals surface area contributed by atoms with E-state index in [0.29, 0.717) is 5.92 Å². The van der Waals surface area contributed by atoms with Gasteiger partial charge in [0.2, 0.25) is 5.91 Å². The molecule has 3 rings (SSSR count). The summed E-state index contributed by atoms with van der Waals surface area (Å²) in [5, 5.41) is 33.7. The summed E-state index contributed by atoms with van der Waals surface area (Å²) in [7, 11) is 0. The molecule has 0 bridgehead atoms. The zero-order valence-electron chi connectivity index (χ0n) is 13.2. The normalized spacial score (nSPS) is 28.4. The van der Waals surface area contributed by atoms with E-state index in [-0.39, 0.29) is 28.6 Å². The first-order valence-electron chi connectivity index (χ1n) is 7.88. The molecular weight excluding hydrogens is 314 g/mol. The Morgan fingerprint density at radius 2 is 2.17 bits per heavy atom. The molecule has 2 aliphatic rings. The lowest BCUT2D eigenvalue weighted by atomic mass is 9.90. The van der Waals surface area contributed by atoms with Gasteiger partial charge in [-0.15, -0.1) is 0 Å². The topological polar surface area (TPSA) is 125 Å². The molecular formula is C16H19N3O5. The van der Waals surface area contributed by atoms with Crippen molar-refractivity contribution in [3.05, 3.63) is 27.8 Å². The number of nitro benzene ring substituents is 1. The summed E-state index contributed by atoms with van der Waals surface area (Å²) >= 11 is 0. The van der Waals surface area contributed by atoms with Gasteiger partial charge in [0.05, 0.1) is 11.1 Å². The standard InChI is InChI=1S/C16H19N3O5/c1-16-5-3-2-4-10(16)14(16)15(22)18-17-8-9-6-11(19(23)24)13(21)7-12(9)20/h6-8,10,14,20-21H,2-5H2,1H3,(H,18,22)/b17-8-/t10-,14-,16-/m1/s1. The summed E-state index contributed by atoms with van der Waals surface area (Å²) in [6, 6.07) is 1.87. The third-order valence-electron chi connectivity index (χ3n) is 5.31. The average Bonchev–Trinajstić information content (AvgIpc) is 3.14. The third kappa shape index (κ3) is 2.68. The van der Waals surface area contributed by atoms with Crippen molar-refractivity contribution in [3.63, 3.8) is 0 Å². The molecule has 0 aliphatic heterocycles. The molecule has 0 spiro atoms. The molecule has 128 valence electrons. The molecule has 0 heterocycles. The predicted octanol–water partition coefficient (Wildman–Crippen LogP) is 2.28. The van der Waals surface area contributed by atoms with E-state index in [2.05, 4.69) is 17.5 Å². The van der Waals surface area contributed by atoms with E-state index in [9.17, 15) is 25.1 Å². The number of phenols is 2. The van der Waals surface area contributed by atoms with Crippen LogP contribution >= 0.6 is 0 Å². The Hall–Kier alpha value is -2.64. The number of fused-ring (bicyclic) bond motifs is 1. The van der Waals surface area contributed by atoms with Crippen molar-refractivity contribution in [3.8, 4) is 11.5 Å². The van der Waals surface area contributed by atoms with Crippen LogP contribution in [-0.2, 0) is 4.79 Å². The van der Waals surface area contributed by atoms with Crippen LogP contribution in [0.3, 0.4) is 0 Å². The lowest BCUT2D eigenvalue weighted by Gasteiger charge is -2.15. The van der Waals surface area contributed by atoms with Gasteiger partial charge in [-0.1, -0.05) is 19.8 Å². The minimum absolute atomic E-state index is 0.0409. The second-order valence-electron chi connectivity index (χ2n) is 6.73. The highest BCUT2D eigenvalue weighted by Crippen LogP contribution is 2.66. The molecule has 24 heavy (non-hydrogen) atoms. The Morgan fingerprint density at radius 1 is 1.42 bits per heavy atom. The fourth-order valence-corrected chi connectivity index (χ4v) is 3.92. The number of aromatic hydroxyl groups is 2. The molecule has 1 aromatic carbocycles. The Bertz CT molecular complexity index is 733. The maximum absolute atomic E-state index is 12.2. The van der Waals surface area contributed by atoms with Gasteiger partial charge in [0.15, 0.2) is 5.75 Å². The van der Waals surface area contributed by atoms with Crippen molar-refractivity contribution >= 4 is 17.8 Å². The van der Waals surface area contributed by atoms with E-state index in [0.717, 1.165) is 44.0 Å². The summed E-state index contributed by atoms with van der Waals surface area (Å²) in [6.45, 7) is 2.12. The number of benzene rings is 1. The largest absolute Gasteiger partial charge is 0.507 e. The summed E-state index contributed by atoms with van der Waals surface area (Å²) in [5.74, 6) is -0.783. The van der Waals surface area contributed by atoms with Crippen LogP contribution in [0.1, 0.15) is 38.2 Å². The second kappa shape index (κ2) is 5.77. The van der Waals surface area contributed by atoms with E-state index < -0.39 is 16.4 Å². The van der Waals surface area contributed by atoms with Crippen molar-refractivity contribution in [1.82, 2.24) is 5.43 Å².